The molecule has 1 spiro atoms. The predicted octanol–water partition coefficient (Wildman–Crippen LogP) is 4.50. The van der Waals surface area contributed by atoms with E-state index in [9.17, 15) is 9.59 Å². The van der Waals surface area contributed by atoms with E-state index in [1.54, 1.807) is 12.1 Å². The summed E-state index contributed by atoms with van der Waals surface area (Å²) in [4.78, 5) is 23.7. The third kappa shape index (κ3) is 3.82. The molecule has 1 aliphatic heterocycles. The topological polar surface area (TPSA) is 64.6 Å². The molecule has 0 bridgehead atoms. The van der Waals surface area contributed by atoms with Crippen LogP contribution in [0.3, 0.4) is 0 Å². The number of rotatable bonds is 4. The number of nitrogens with one attached hydrogen (secondary N) is 1. The Bertz CT molecular complexity index is 866. The standard InChI is InChI=1S/C22H23NO4/c1-15(24)17-7-5-16(6-8-17)13-21(25)23-18-9-10-19-20(14-18)27-22(26-19)11-3-2-4-12-22/h5-10,14H,2-4,11-13H2,1H3,(H,23,25). The lowest BCUT2D eigenvalue weighted by Gasteiger charge is -2.31. The molecule has 140 valence electrons. The van der Waals surface area contributed by atoms with Crippen LogP contribution in [0.1, 0.15) is 54.9 Å². The number of anilines is 1. The molecule has 2 aromatic carbocycles. The van der Waals surface area contributed by atoms with Gasteiger partial charge in [0.05, 0.1) is 6.42 Å². The van der Waals surface area contributed by atoms with E-state index < -0.39 is 5.79 Å². The molecule has 0 atom stereocenters. The van der Waals surface area contributed by atoms with Gasteiger partial charge in [-0.1, -0.05) is 30.7 Å². The van der Waals surface area contributed by atoms with Gasteiger partial charge in [-0.25, -0.2) is 0 Å². The summed E-state index contributed by atoms with van der Waals surface area (Å²) in [5, 5.41) is 2.91. The number of carbonyl (C=O) groups excluding carboxylic acids is 2. The summed E-state index contributed by atoms with van der Waals surface area (Å²) in [7, 11) is 0. The summed E-state index contributed by atoms with van der Waals surface area (Å²) in [6.07, 6.45) is 5.50. The van der Waals surface area contributed by atoms with Gasteiger partial charge in [-0.15, -0.1) is 0 Å². The summed E-state index contributed by atoms with van der Waals surface area (Å²) >= 11 is 0. The molecular weight excluding hydrogens is 342 g/mol. The van der Waals surface area contributed by atoms with Crippen molar-refractivity contribution in [3.05, 3.63) is 53.6 Å². The number of ketones is 1. The number of hydrogen-bond acceptors (Lipinski definition) is 4. The number of ether oxygens (including phenoxy) is 2. The van der Waals surface area contributed by atoms with Gasteiger partial charge in [0, 0.05) is 30.2 Å². The minimum Gasteiger partial charge on any atom is -0.448 e. The Morgan fingerprint density at radius 3 is 2.37 bits per heavy atom. The minimum atomic E-state index is -0.512. The number of Topliss-reactive ketones (excluding diaryl/α,β-unsaturated/α-hetero) is 1. The van der Waals surface area contributed by atoms with Crippen molar-refractivity contribution in [2.75, 3.05) is 5.32 Å². The van der Waals surface area contributed by atoms with E-state index >= 15 is 0 Å². The van der Waals surface area contributed by atoms with Crippen molar-refractivity contribution in [2.45, 2.75) is 51.2 Å². The molecule has 4 rings (SSSR count). The third-order valence-electron chi connectivity index (χ3n) is 5.16. The minimum absolute atomic E-state index is 0.0158. The van der Waals surface area contributed by atoms with Crippen LogP contribution in [-0.4, -0.2) is 17.5 Å². The van der Waals surface area contributed by atoms with Crippen molar-refractivity contribution in [2.24, 2.45) is 0 Å². The average Bonchev–Trinajstić information content (AvgIpc) is 2.99. The van der Waals surface area contributed by atoms with Gasteiger partial charge in [0.1, 0.15) is 0 Å². The fourth-order valence-corrected chi connectivity index (χ4v) is 3.71. The van der Waals surface area contributed by atoms with E-state index in [4.69, 9.17) is 9.47 Å². The Morgan fingerprint density at radius 1 is 0.963 bits per heavy atom. The first-order valence-electron chi connectivity index (χ1n) is 9.45. The van der Waals surface area contributed by atoms with Crippen LogP contribution < -0.4 is 14.8 Å². The zero-order valence-electron chi connectivity index (χ0n) is 15.4. The zero-order valence-corrected chi connectivity index (χ0v) is 15.4. The molecule has 0 unspecified atom stereocenters. The molecule has 1 aliphatic carbocycles. The monoisotopic (exact) mass is 365 g/mol. The first-order valence-corrected chi connectivity index (χ1v) is 9.45. The Labute approximate surface area is 158 Å². The molecule has 2 aliphatic rings. The van der Waals surface area contributed by atoms with Crippen LogP contribution in [0.15, 0.2) is 42.5 Å². The van der Waals surface area contributed by atoms with Gasteiger partial charge < -0.3 is 14.8 Å². The van der Waals surface area contributed by atoms with Gasteiger partial charge in [0.25, 0.3) is 5.79 Å². The second-order valence-corrected chi connectivity index (χ2v) is 7.32. The third-order valence-corrected chi connectivity index (χ3v) is 5.16. The fraction of sp³-hybridized carbons (Fsp3) is 0.364. The number of benzene rings is 2. The molecule has 0 aromatic heterocycles. The van der Waals surface area contributed by atoms with E-state index in [1.165, 1.54) is 13.3 Å². The molecule has 0 radical (unpaired) electrons. The highest BCUT2D eigenvalue weighted by atomic mass is 16.7. The Kier molecular flexibility index (Phi) is 4.60. The van der Waals surface area contributed by atoms with Crippen molar-refractivity contribution in [3.8, 4) is 11.5 Å². The normalized spacial score (nSPS) is 16.9. The van der Waals surface area contributed by atoms with Crippen LogP contribution in [0, 0.1) is 0 Å². The van der Waals surface area contributed by atoms with Gasteiger partial charge >= 0.3 is 0 Å². The molecule has 1 saturated carbocycles. The number of fused-ring (bicyclic) bond motifs is 1. The molecule has 1 fully saturated rings. The molecule has 5 heteroatoms. The largest absolute Gasteiger partial charge is 0.448 e. The van der Waals surface area contributed by atoms with Crippen LogP contribution in [0.2, 0.25) is 0 Å². The van der Waals surface area contributed by atoms with E-state index in [2.05, 4.69) is 5.32 Å². The zero-order chi connectivity index (χ0) is 18.9. The maximum atomic E-state index is 12.3. The van der Waals surface area contributed by atoms with Crippen LogP contribution in [-0.2, 0) is 11.2 Å². The van der Waals surface area contributed by atoms with Crippen LogP contribution in [0.25, 0.3) is 0 Å². The second-order valence-electron chi connectivity index (χ2n) is 7.32. The quantitative estimate of drug-likeness (QED) is 0.810. The van der Waals surface area contributed by atoms with E-state index in [0.29, 0.717) is 17.0 Å². The lowest BCUT2D eigenvalue weighted by Crippen LogP contribution is -2.40. The Hall–Kier alpha value is -2.82. The molecule has 1 amide bonds. The van der Waals surface area contributed by atoms with E-state index in [1.807, 2.05) is 30.3 Å². The molecular formula is C22H23NO4. The highest BCUT2D eigenvalue weighted by Crippen LogP contribution is 2.46. The lowest BCUT2D eigenvalue weighted by molar-refractivity contribution is -0.115. The van der Waals surface area contributed by atoms with Crippen LogP contribution in [0.4, 0.5) is 5.69 Å². The SMILES string of the molecule is CC(=O)c1ccc(CC(=O)Nc2ccc3c(c2)OC2(CCCCC2)O3)cc1. The van der Waals surface area contributed by atoms with Gasteiger partial charge in [-0.3, -0.25) is 9.59 Å². The molecule has 1 heterocycles. The maximum absolute atomic E-state index is 12.3. The van der Waals surface area contributed by atoms with Crippen molar-refractivity contribution >= 4 is 17.4 Å². The highest BCUT2D eigenvalue weighted by Gasteiger charge is 2.42. The van der Waals surface area contributed by atoms with Gasteiger partial charge in [0.15, 0.2) is 17.3 Å². The first kappa shape index (κ1) is 17.6. The van der Waals surface area contributed by atoms with Crippen molar-refractivity contribution in [1.82, 2.24) is 0 Å². The summed E-state index contributed by atoms with van der Waals surface area (Å²) in [6, 6.07) is 12.6. The summed E-state index contributed by atoms with van der Waals surface area (Å²) in [5.41, 5.74) is 2.20. The van der Waals surface area contributed by atoms with Gasteiger partial charge in [-0.2, -0.15) is 0 Å². The van der Waals surface area contributed by atoms with Crippen molar-refractivity contribution < 1.29 is 19.1 Å². The number of amides is 1. The predicted molar refractivity (Wildman–Crippen MR) is 102 cm³/mol. The van der Waals surface area contributed by atoms with Crippen LogP contribution >= 0.6 is 0 Å². The van der Waals surface area contributed by atoms with Crippen molar-refractivity contribution in [3.63, 3.8) is 0 Å². The lowest BCUT2D eigenvalue weighted by atomic mass is 9.94. The van der Waals surface area contributed by atoms with E-state index in [0.717, 1.165) is 37.0 Å². The summed E-state index contributed by atoms with van der Waals surface area (Å²) < 4.78 is 12.2. The molecule has 1 N–H and O–H groups in total. The van der Waals surface area contributed by atoms with Crippen LogP contribution in [0.5, 0.6) is 11.5 Å². The molecule has 0 saturated heterocycles. The van der Waals surface area contributed by atoms with Crippen molar-refractivity contribution in [1.29, 1.82) is 0 Å². The van der Waals surface area contributed by atoms with Gasteiger partial charge in [-0.05, 0) is 37.5 Å². The highest BCUT2D eigenvalue weighted by molar-refractivity contribution is 5.95. The number of carbonyl (C=O) groups is 2. The molecule has 5 nitrogen and oxygen atoms in total. The fourth-order valence-electron chi connectivity index (χ4n) is 3.71. The average molecular weight is 365 g/mol. The summed E-state index contributed by atoms with van der Waals surface area (Å²) in [5.74, 6) is 0.830. The maximum Gasteiger partial charge on any atom is 0.251 e. The van der Waals surface area contributed by atoms with E-state index in [-0.39, 0.29) is 18.1 Å². The smallest absolute Gasteiger partial charge is 0.251 e. The second kappa shape index (κ2) is 7.06. The molecule has 2 aromatic rings. The molecule has 27 heavy (non-hydrogen) atoms. The summed E-state index contributed by atoms with van der Waals surface area (Å²) in [6.45, 7) is 1.53. The Balaban J connectivity index is 1.40. The first-order chi connectivity index (χ1) is 13.0. The van der Waals surface area contributed by atoms with Gasteiger partial charge in [0.2, 0.25) is 5.91 Å². The Morgan fingerprint density at radius 2 is 1.67 bits per heavy atom. The number of hydrogen-bond donors (Lipinski definition) is 1.